The highest BCUT2D eigenvalue weighted by atomic mass is 32.2. The van der Waals surface area contributed by atoms with Crippen LogP contribution in [0.1, 0.15) is 26.8 Å². The molecule has 7 nitrogen and oxygen atoms in total. The number of nitrogens with zero attached hydrogens (tertiary/aromatic N) is 4. The minimum Gasteiger partial charge on any atom is -0.296 e. The van der Waals surface area contributed by atoms with Gasteiger partial charge in [-0.25, -0.2) is 0 Å². The Kier molecular flexibility index (Phi) is 5.97. The van der Waals surface area contributed by atoms with Crippen molar-refractivity contribution in [3.63, 3.8) is 0 Å². The normalized spacial score (nSPS) is 11.3. The Balaban J connectivity index is 1.37. The summed E-state index contributed by atoms with van der Waals surface area (Å²) < 4.78 is 0. The van der Waals surface area contributed by atoms with E-state index in [0.29, 0.717) is 10.7 Å². The third-order valence-electron chi connectivity index (χ3n) is 4.77. The van der Waals surface area contributed by atoms with E-state index < -0.39 is 0 Å². The molecule has 0 aliphatic carbocycles. The van der Waals surface area contributed by atoms with E-state index in [1.165, 1.54) is 23.1 Å². The number of hydrogen-bond donors (Lipinski definition) is 2. The Labute approximate surface area is 198 Å². The van der Waals surface area contributed by atoms with Gasteiger partial charge in [0.15, 0.2) is 0 Å². The van der Waals surface area contributed by atoms with E-state index in [0.717, 1.165) is 37.1 Å². The van der Waals surface area contributed by atoms with Crippen molar-refractivity contribution in [1.29, 1.82) is 0 Å². The SMILES string of the molecule is Cc1nnc(NC(=O)c2ccccc2Sc2ccc3c(/C=C/c4ccccn4)n[nH]c3c2)s1. The van der Waals surface area contributed by atoms with Crippen molar-refractivity contribution in [3.05, 3.63) is 88.8 Å². The average Bonchev–Trinajstić information content (AvgIpc) is 3.44. The van der Waals surface area contributed by atoms with Crippen LogP contribution in [0.25, 0.3) is 23.1 Å². The van der Waals surface area contributed by atoms with E-state index in [-0.39, 0.29) is 5.91 Å². The molecule has 0 fully saturated rings. The molecule has 0 aliphatic rings. The van der Waals surface area contributed by atoms with Crippen molar-refractivity contribution in [2.24, 2.45) is 0 Å². The van der Waals surface area contributed by atoms with Crippen molar-refractivity contribution in [2.75, 3.05) is 5.32 Å². The Morgan fingerprint density at radius 3 is 2.76 bits per heavy atom. The minimum atomic E-state index is -0.209. The van der Waals surface area contributed by atoms with Gasteiger partial charge in [0.1, 0.15) is 5.01 Å². The highest BCUT2D eigenvalue weighted by molar-refractivity contribution is 7.99. The largest absolute Gasteiger partial charge is 0.296 e. The van der Waals surface area contributed by atoms with Gasteiger partial charge < -0.3 is 0 Å². The molecular formula is C24H18N6OS2. The molecule has 0 atom stereocenters. The number of pyridine rings is 1. The van der Waals surface area contributed by atoms with E-state index in [4.69, 9.17) is 0 Å². The van der Waals surface area contributed by atoms with Gasteiger partial charge in [0.05, 0.1) is 22.5 Å². The number of amides is 1. The molecule has 0 spiro atoms. The summed E-state index contributed by atoms with van der Waals surface area (Å²) in [5, 5.41) is 20.6. The number of H-pyrrole nitrogens is 1. The quantitative estimate of drug-likeness (QED) is 0.331. The molecule has 162 valence electrons. The smallest absolute Gasteiger partial charge is 0.258 e. The molecule has 1 amide bonds. The van der Waals surface area contributed by atoms with Crippen LogP contribution in [-0.2, 0) is 0 Å². The van der Waals surface area contributed by atoms with Gasteiger partial charge >= 0.3 is 0 Å². The summed E-state index contributed by atoms with van der Waals surface area (Å²) in [7, 11) is 0. The molecular weight excluding hydrogens is 452 g/mol. The van der Waals surface area contributed by atoms with Gasteiger partial charge in [-0.1, -0.05) is 41.3 Å². The molecule has 3 aromatic heterocycles. The van der Waals surface area contributed by atoms with Crippen LogP contribution < -0.4 is 5.32 Å². The zero-order chi connectivity index (χ0) is 22.6. The van der Waals surface area contributed by atoms with Gasteiger partial charge in [-0.05, 0) is 61.5 Å². The lowest BCUT2D eigenvalue weighted by molar-refractivity contribution is 0.102. The number of aromatic amines is 1. The fourth-order valence-corrected chi connectivity index (χ4v) is 4.80. The number of aromatic nitrogens is 5. The monoisotopic (exact) mass is 470 g/mol. The third kappa shape index (κ3) is 4.84. The van der Waals surface area contributed by atoms with Crippen molar-refractivity contribution in [2.45, 2.75) is 16.7 Å². The fourth-order valence-electron chi connectivity index (χ4n) is 3.23. The Morgan fingerprint density at radius 2 is 1.94 bits per heavy atom. The highest BCUT2D eigenvalue weighted by Crippen LogP contribution is 2.33. The van der Waals surface area contributed by atoms with E-state index >= 15 is 0 Å². The number of hydrogen-bond acceptors (Lipinski definition) is 7. The maximum absolute atomic E-state index is 12.8. The Hall–Kier alpha value is -3.82. The van der Waals surface area contributed by atoms with Crippen LogP contribution in [0.2, 0.25) is 0 Å². The van der Waals surface area contributed by atoms with Crippen LogP contribution in [0.3, 0.4) is 0 Å². The molecule has 0 saturated heterocycles. The lowest BCUT2D eigenvalue weighted by Gasteiger charge is -2.08. The lowest BCUT2D eigenvalue weighted by Crippen LogP contribution is -2.12. The van der Waals surface area contributed by atoms with Crippen molar-refractivity contribution in [1.82, 2.24) is 25.4 Å². The summed E-state index contributed by atoms with van der Waals surface area (Å²) in [6, 6.07) is 19.4. The van der Waals surface area contributed by atoms with Crippen LogP contribution in [0.4, 0.5) is 5.13 Å². The molecule has 0 aliphatic heterocycles. The number of aryl methyl sites for hydroxylation is 1. The zero-order valence-corrected chi connectivity index (χ0v) is 19.2. The number of nitrogens with one attached hydrogen (secondary N) is 2. The van der Waals surface area contributed by atoms with Gasteiger partial charge in [-0.15, -0.1) is 10.2 Å². The molecule has 3 heterocycles. The van der Waals surface area contributed by atoms with Crippen molar-refractivity contribution < 1.29 is 4.79 Å². The average molecular weight is 471 g/mol. The molecule has 9 heteroatoms. The summed E-state index contributed by atoms with van der Waals surface area (Å²) in [6.45, 7) is 1.85. The van der Waals surface area contributed by atoms with E-state index in [2.05, 4.69) is 30.7 Å². The maximum atomic E-state index is 12.8. The third-order valence-corrected chi connectivity index (χ3v) is 6.59. The standard InChI is InChI=1S/C24H18N6OS2/c1-15-27-30-24(32-15)26-23(31)19-7-2-3-8-22(19)33-17-10-11-18-20(28-29-21(18)14-17)12-9-16-6-4-5-13-25-16/h2-14H,1H3,(H,28,29)(H,26,30,31)/b12-9+. The van der Waals surface area contributed by atoms with Crippen LogP contribution >= 0.6 is 23.1 Å². The summed E-state index contributed by atoms with van der Waals surface area (Å²) in [5.41, 5.74) is 3.23. The van der Waals surface area contributed by atoms with E-state index in [9.17, 15) is 4.79 Å². The Morgan fingerprint density at radius 1 is 1.06 bits per heavy atom. The highest BCUT2D eigenvalue weighted by Gasteiger charge is 2.15. The first-order valence-corrected chi connectivity index (χ1v) is 11.7. The van der Waals surface area contributed by atoms with E-state index in [1.54, 1.807) is 12.3 Å². The van der Waals surface area contributed by atoms with Gasteiger partial charge in [0, 0.05) is 21.4 Å². The first-order chi connectivity index (χ1) is 16.2. The second-order valence-electron chi connectivity index (χ2n) is 7.08. The Bertz CT molecular complexity index is 1460. The first kappa shape index (κ1) is 21.0. The molecule has 0 bridgehead atoms. The second kappa shape index (κ2) is 9.35. The van der Waals surface area contributed by atoms with Crippen LogP contribution in [0.5, 0.6) is 0 Å². The number of anilines is 1. The van der Waals surface area contributed by atoms with Crippen molar-refractivity contribution in [3.8, 4) is 0 Å². The molecule has 5 aromatic rings. The van der Waals surface area contributed by atoms with Gasteiger partial charge in [-0.2, -0.15) is 5.10 Å². The number of carbonyl (C=O) groups excluding carboxylic acids is 1. The van der Waals surface area contributed by atoms with Gasteiger partial charge in [0.25, 0.3) is 5.91 Å². The van der Waals surface area contributed by atoms with Gasteiger partial charge in [0.2, 0.25) is 5.13 Å². The van der Waals surface area contributed by atoms with Gasteiger partial charge in [-0.3, -0.25) is 20.2 Å². The molecule has 2 aromatic carbocycles. The lowest BCUT2D eigenvalue weighted by atomic mass is 10.2. The summed E-state index contributed by atoms with van der Waals surface area (Å²) in [5.74, 6) is -0.209. The molecule has 0 saturated carbocycles. The number of rotatable bonds is 6. The summed E-state index contributed by atoms with van der Waals surface area (Å²) in [4.78, 5) is 19.0. The van der Waals surface area contributed by atoms with Crippen LogP contribution in [0.15, 0.2) is 76.7 Å². The predicted octanol–water partition coefficient (Wildman–Crippen LogP) is 5.69. The molecule has 0 unspecified atom stereocenters. The summed E-state index contributed by atoms with van der Waals surface area (Å²) >= 11 is 2.87. The van der Waals surface area contributed by atoms with Crippen LogP contribution in [-0.4, -0.2) is 31.3 Å². The van der Waals surface area contributed by atoms with Crippen LogP contribution in [0, 0.1) is 6.92 Å². The fraction of sp³-hybridized carbons (Fsp3) is 0.0417. The summed E-state index contributed by atoms with van der Waals surface area (Å²) in [6.07, 6.45) is 5.65. The number of fused-ring (bicyclic) bond motifs is 1. The predicted molar refractivity (Wildman–Crippen MR) is 132 cm³/mol. The molecule has 33 heavy (non-hydrogen) atoms. The van der Waals surface area contributed by atoms with Crippen molar-refractivity contribution >= 4 is 57.2 Å². The second-order valence-corrected chi connectivity index (χ2v) is 9.38. The molecule has 5 rings (SSSR count). The number of carbonyl (C=O) groups is 1. The first-order valence-electron chi connectivity index (χ1n) is 10.1. The molecule has 0 radical (unpaired) electrons. The minimum absolute atomic E-state index is 0.209. The maximum Gasteiger partial charge on any atom is 0.258 e. The van der Waals surface area contributed by atoms with E-state index in [1.807, 2.05) is 73.7 Å². The number of benzene rings is 2. The zero-order valence-electron chi connectivity index (χ0n) is 17.5. The molecule has 2 N–H and O–H groups in total. The topological polar surface area (TPSA) is 96.5 Å².